The summed E-state index contributed by atoms with van der Waals surface area (Å²) in [6, 6.07) is 5.80. The predicted octanol–water partition coefficient (Wildman–Crippen LogP) is 2.72. The summed E-state index contributed by atoms with van der Waals surface area (Å²) < 4.78 is 0. The maximum atomic E-state index is 10.9. The van der Waals surface area contributed by atoms with Crippen molar-refractivity contribution in [2.24, 2.45) is 0 Å². The zero-order chi connectivity index (χ0) is 12.0. The van der Waals surface area contributed by atoms with Crippen molar-refractivity contribution in [1.82, 2.24) is 10.2 Å². The lowest BCUT2D eigenvalue weighted by Gasteiger charge is -2.12. The first kappa shape index (κ1) is 10.6. The second-order valence-electron chi connectivity index (χ2n) is 4.62. The minimum absolute atomic E-state index is 0.175. The lowest BCUT2D eigenvalue weighted by molar-refractivity contribution is -0.137. The summed E-state index contributed by atoms with van der Waals surface area (Å²) in [5.41, 5.74) is 1.67. The van der Waals surface area contributed by atoms with Crippen LogP contribution in [-0.4, -0.2) is 21.3 Å². The van der Waals surface area contributed by atoms with E-state index in [4.69, 9.17) is 16.7 Å². The molecule has 1 aromatic carbocycles. The molecule has 4 nitrogen and oxygen atoms in total. The second-order valence-corrected chi connectivity index (χ2v) is 5.00. The van der Waals surface area contributed by atoms with E-state index >= 15 is 0 Å². The summed E-state index contributed by atoms with van der Waals surface area (Å²) in [4.78, 5) is 10.9. The molecular formula is C12H11ClN2O2. The van der Waals surface area contributed by atoms with E-state index in [0.717, 1.165) is 29.3 Å². The highest BCUT2D eigenvalue weighted by molar-refractivity contribution is 6.34. The Balaban J connectivity index is 2.03. The molecule has 0 atom stereocenters. The number of hydrogen-bond acceptors (Lipinski definition) is 2. The Labute approximate surface area is 103 Å². The van der Waals surface area contributed by atoms with Crippen molar-refractivity contribution in [2.75, 3.05) is 0 Å². The number of hydrogen-bond donors (Lipinski definition) is 2. The van der Waals surface area contributed by atoms with Gasteiger partial charge in [0.1, 0.15) is 5.15 Å². The van der Waals surface area contributed by atoms with Gasteiger partial charge >= 0.3 is 5.97 Å². The van der Waals surface area contributed by atoms with Crippen molar-refractivity contribution in [2.45, 2.75) is 24.7 Å². The fourth-order valence-corrected chi connectivity index (χ4v) is 2.52. The Morgan fingerprint density at radius 1 is 1.53 bits per heavy atom. The van der Waals surface area contributed by atoms with Crippen LogP contribution in [0.4, 0.5) is 0 Å². The molecule has 1 aliphatic carbocycles. The second kappa shape index (κ2) is 3.47. The van der Waals surface area contributed by atoms with Crippen molar-refractivity contribution < 1.29 is 9.90 Å². The topological polar surface area (TPSA) is 66.0 Å². The van der Waals surface area contributed by atoms with Gasteiger partial charge in [0.15, 0.2) is 0 Å². The van der Waals surface area contributed by atoms with E-state index in [9.17, 15) is 4.79 Å². The number of nitrogens with zero attached hydrogens (tertiary/aromatic N) is 1. The highest BCUT2D eigenvalue weighted by Gasteiger charge is 2.46. The molecule has 1 aromatic heterocycles. The zero-order valence-corrected chi connectivity index (χ0v) is 9.79. The van der Waals surface area contributed by atoms with Gasteiger partial charge in [-0.25, -0.2) is 0 Å². The van der Waals surface area contributed by atoms with E-state index in [1.54, 1.807) is 0 Å². The first-order chi connectivity index (χ1) is 8.11. The van der Waals surface area contributed by atoms with Crippen LogP contribution in [0.25, 0.3) is 10.9 Å². The molecule has 17 heavy (non-hydrogen) atoms. The summed E-state index contributed by atoms with van der Waals surface area (Å²) in [6.07, 6.45) is 2.06. The Kier molecular flexibility index (Phi) is 2.16. The van der Waals surface area contributed by atoms with Crippen LogP contribution in [0.15, 0.2) is 18.2 Å². The normalized spacial score (nSPS) is 17.2. The van der Waals surface area contributed by atoms with Gasteiger partial charge in [0.05, 0.1) is 11.9 Å². The van der Waals surface area contributed by atoms with E-state index in [-0.39, 0.29) is 11.8 Å². The fraction of sp³-hybridized carbons (Fsp3) is 0.333. The number of carboxylic acids is 1. The number of carbonyl (C=O) groups is 1. The molecule has 0 spiro atoms. The summed E-state index contributed by atoms with van der Waals surface area (Å²) >= 11 is 5.93. The molecule has 0 unspecified atom stereocenters. The number of benzene rings is 1. The van der Waals surface area contributed by atoms with Crippen molar-refractivity contribution >= 4 is 28.5 Å². The molecule has 1 heterocycles. The largest absolute Gasteiger partial charge is 0.481 e. The van der Waals surface area contributed by atoms with E-state index in [1.165, 1.54) is 0 Å². The smallest absolute Gasteiger partial charge is 0.304 e. The van der Waals surface area contributed by atoms with Gasteiger partial charge in [-0.3, -0.25) is 9.89 Å². The number of rotatable bonds is 3. The van der Waals surface area contributed by atoms with Crippen LogP contribution in [0.3, 0.4) is 0 Å². The molecule has 0 saturated heterocycles. The molecule has 0 aliphatic heterocycles. The van der Waals surface area contributed by atoms with Crippen molar-refractivity contribution in [3.63, 3.8) is 0 Å². The third kappa shape index (κ3) is 1.69. The lowest BCUT2D eigenvalue weighted by Crippen LogP contribution is -2.12. The molecule has 88 valence electrons. The van der Waals surface area contributed by atoms with Crippen LogP contribution >= 0.6 is 11.6 Å². The van der Waals surface area contributed by atoms with Crippen LogP contribution in [0.1, 0.15) is 24.8 Å². The average molecular weight is 251 g/mol. The maximum absolute atomic E-state index is 10.9. The van der Waals surface area contributed by atoms with E-state index in [0.29, 0.717) is 5.15 Å². The number of carboxylic acid groups (broad SMARTS) is 1. The molecule has 2 N–H and O–H groups in total. The number of aromatic amines is 1. The Morgan fingerprint density at radius 2 is 2.29 bits per heavy atom. The SMILES string of the molecule is O=C(O)CC1(c2ccc3c(Cl)[nH]nc3c2)CC1. The van der Waals surface area contributed by atoms with E-state index < -0.39 is 5.97 Å². The van der Waals surface area contributed by atoms with Crippen LogP contribution in [0.5, 0.6) is 0 Å². The standard InChI is InChI=1S/C12H11ClN2O2/c13-11-8-2-1-7(5-9(8)14-15-11)12(3-4-12)6-10(16)17/h1-2,5H,3-4,6H2,(H,14,15)(H,16,17). The first-order valence-electron chi connectivity index (χ1n) is 5.47. The van der Waals surface area contributed by atoms with Crippen molar-refractivity contribution in [3.8, 4) is 0 Å². The zero-order valence-electron chi connectivity index (χ0n) is 9.03. The third-order valence-electron chi connectivity index (χ3n) is 3.46. The molecule has 5 heteroatoms. The molecule has 0 radical (unpaired) electrons. The molecular weight excluding hydrogens is 240 g/mol. The van der Waals surface area contributed by atoms with Gasteiger partial charge in [-0.2, -0.15) is 5.10 Å². The number of aliphatic carboxylic acids is 1. The van der Waals surface area contributed by atoms with Crippen LogP contribution in [-0.2, 0) is 10.2 Å². The predicted molar refractivity (Wildman–Crippen MR) is 64.3 cm³/mol. The van der Waals surface area contributed by atoms with Crippen molar-refractivity contribution in [3.05, 3.63) is 28.9 Å². The molecule has 1 aliphatic rings. The molecule has 1 fully saturated rings. The summed E-state index contributed by atoms with van der Waals surface area (Å²) in [7, 11) is 0. The van der Waals surface area contributed by atoms with E-state index in [2.05, 4.69) is 10.2 Å². The number of H-pyrrole nitrogens is 1. The van der Waals surface area contributed by atoms with Crippen LogP contribution in [0.2, 0.25) is 5.15 Å². The number of aromatic nitrogens is 2. The maximum Gasteiger partial charge on any atom is 0.304 e. The first-order valence-corrected chi connectivity index (χ1v) is 5.84. The lowest BCUT2D eigenvalue weighted by atomic mass is 9.92. The summed E-state index contributed by atoms with van der Waals surface area (Å²) in [5.74, 6) is -0.748. The molecule has 2 aromatic rings. The van der Waals surface area contributed by atoms with Gasteiger partial charge in [-0.15, -0.1) is 0 Å². The van der Waals surface area contributed by atoms with Gasteiger partial charge in [-0.05, 0) is 30.5 Å². The molecule has 1 saturated carbocycles. The average Bonchev–Trinajstić information content (AvgIpc) is 2.96. The van der Waals surface area contributed by atoms with Gasteiger partial charge in [0, 0.05) is 10.8 Å². The van der Waals surface area contributed by atoms with Gasteiger partial charge in [0.2, 0.25) is 0 Å². The molecule has 3 rings (SSSR count). The number of fused-ring (bicyclic) bond motifs is 1. The Hall–Kier alpha value is -1.55. The molecule has 0 amide bonds. The number of nitrogens with one attached hydrogen (secondary N) is 1. The highest BCUT2D eigenvalue weighted by Crippen LogP contribution is 2.51. The summed E-state index contributed by atoms with van der Waals surface area (Å²) in [5, 5.41) is 17.1. The minimum atomic E-state index is -0.748. The van der Waals surface area contributed by atoms with Gasteiger partial charge < -0.3 is 5.11 Å². The monoisotopic (exact) mass is 250 g/mol. The third-order valence-corrected chi connectivity index (χ3v) is 3.75. The van der Waals surface area contributed by atoms with Crippen molar-refractivity contribution in [1.29, 1.82) is 0 Å². The van der Waals surface area contributed by atoms with Gasteiger partial charge in [0.25, 0.3) is 0 Å². The molecule has 0 bridgehead atoms. The van der Waals surface area contributed by atoms with Crippen LogP contribution in [0, 0.1) is 0 Å². The minimum Gasteiger partial charge on any atom is -0.481 e. The number of halogens is 1. The van der Waals surface area contributed by atoms with Gasteiger partial charge in [-0.1, -0.05) is 17.7 Å². The van der Waals surface area contributed by atoms with Crippen LogP contribution < -0.4 is 0 Å². The quantitative estimate of drug-likeness (QED) is 0.880. The fourth-order valence-electron chi connectivity index (χ4n) is 2.32. The summed E-state index contributed by atoms with van der Waals surface area (Å²) in [6.45, 7) is 0. The highest BCUT2D eigenvalue weighted by atomic mass is 35.5. The Morgan fingerprint density at radius 3 is 2.94 bits per heavy atom. The van der Waals surface area contributed by atoms with E-state index in [1.807, 2.05) is 18.2 Å². The Bertz CT molecular complexity index is 602.